The van der Waals surface area contributed by atoms with Crippen LogP contribution in [-0.2, 0) is 9.59 Å². The SMILES string of the molecule is COc1ccc(NC2=CC(=O)C(C)=CC2=O)cc1. The summed E-state index contributed by atoms with van der Waals surface area (Å²) in [7, 11) is 1.59. The Labute approximate surface area is 105 Å². The Hall–Kier alpha value is -2.36. The second kappa shape index (κ2) is 4.87. The van der Waals surface area contributed by atoms with Crippen molar-refractivity contribution in [3.05, 3.63) is 47.7 Å². The number of ether oxygens (including phenoxy) is 1. The molecule has 1 N–H and O–H groups in total. The van der Waals surface area contributed by atoms with E-state index < -0.39 is 0 Å². The molecule has 0 fully saturated rings. The van der Waals surface area contributed by atoms with Crippen molar-refractivity contribution in [1.29, 1.82) is 0 Å². The summed E-state index contributed by atoms with van der Waals surface area (Å²) >= 11 is 0. The number of benzene rings is 1. The van der Waals surface area contributed by atoms with Crippen LogP contribution in [-0.4, -0.2) is 18.7 Å². The van der Waals surface area contributed by atoms with Crippen LogP contribution in [0.25, 0.3) is 0 Å². The molecule has 92 valence electrons. The van der Waals surface area contributed by atoms with Gasteiger partial charge in [0.15, 0.2) is 5.78 Å². The Bertz CT molecular complexity index is 553. The number of allylic oxidation sites excluding steroid dienone is 3. The molecule has 1 aromatic rings. The molecule has 4 heteroatoms. The van der Waals surface area contributed by atoms with Gasteiger partial charge < -0.3 is 10.1 Å². The zero-order valence-corrected chi connectivity index (χ0v) is 10.2. The van der Waals surface area contributed by atoms with E-state index in [1.54, 1.807) is 38.3 Å². The third-order valence-electron chi connectivity index (χ3n) is 2.65. The molecule has 1 aromatic carbocycles. The van der Waals surface area contributed by atoms with Gasteiger partial charge in [-0.1, -0.05) is 0 Å². The molecule has 0 bridgehead atoms. The second-order valence-electron chi connectivity index (χ2n) is 3.97. The summed E-state index contributed by atoms with van der Waals surface area (Å²) in [6, 6.07) is 7.11. The van der Waals surface area contributed by atoms with E-state index in [2.05, 4.69) is 5.32 Å². The quantitative estimate of drug-likeness (QED) is 0.826. The molecule has 0 heterocycles. The fourth-order valence-electron chi connectivity index (χ4n) is 1.59. The number of hydrogen-bond acceptors (Lipinski definition) is 4. The average molecular weight is 243 g/mol. The standard InChI is InChI=1S/C14H13NO3/c1-9-7-14(17)12(8-13(9)16)15-10-3-5-11(18-2)6-4-10/h3-8,15H,1-2H3. The van der Waals surface area contributed by atoms with Gasteiger partial charge >= 0.3 is 0 Å². The van der Waals surface area contributed by atoms with Crippen LogP contribution in [0.5, 0.6) is 5.75 Å². The first-order valence-electron chi connectivity index (χ1n) is 5.50. The van der Waals surface area contributed by atoms with E-state index >= 15 is 0 Å². The van der Waals surface area contributed by atoms with Gasteiger partial charge in [0.05, 0.1) is 12.8 Å². The number of hydrogen-bond donors (Lipinski definition) is 1. The molecule has 4 nitrogen and oxygen atoms in total. The lowest BCUT2D eigenvalue weighted by molar-refractivity contribution is -0.115. The lowest BCUT2D eigenvalue weighted by atomic mass is 10.0. The van der Waals surface area contributed by atoms with Crippen molar-refractivity contribution in [2.45, 2.75) is 6.92 Å². The first-order valence-corrected chi connectivity index (χ1v) is 5.50. The van der Waals surface area contributed by atoms with E-state index in [1.807, 2.05) is 0 Å². The largest absolute Gasteiger partial charge is 0.497 e. The third-order valence-corrected chi connectivity index (χ3v) is 2.65. The van der Waals surface area contributed by atoms with E-state index in [1.165, 1.54) is 12.2 Å². The minimum Gasteiger partial charge on any atom is -0.497 e. The highest BCUT2D eigenvalue weighted by molar-refractivity contribution is 6.20. The normalized spacial score (nSPS) is 15.0. The Morgan fingerprint density at radius 2 is 1.67 bits per heavy atom. The van der Waals surface area contributed by atoms with E-state index in [0.29, 0.717) is 5.57 Å². The summed E-state index contributed by atoms with van der Waals surface area (Å²) in [6.45, 7) is 1.63. The molecule has 1 aliphatic carbocycles. The highest BCUT2D eigenvalue weighted by Crippen LogP contribution is 2.19. The lowest BCUT2D eigenvalue weighted by Gasteiger charge is -2.12. The van der Waals surface area contributed by atoms with Crippen LogP contribution >= 0.6 is 0 Å². The van der Waals surface area contributed by atoms with E-state index in [4.69, 9.17) is 4.74 Å². The maximum Gasteiger partial charge on any atom is 0.202 e. The second-order valence-corrected chi connectivity index (χ2v) is 3.97. The minimum absolute atomic E-state index is 0.148. The summed E-state index contributed by atoms with van der Waals surface area (Å²) < 4.78 is 5.04. The van der Waals surface area contributed by atoms with Crippen molar-refractivity contribution in [3.63, 3.8) is 0 Å². The van der Waals surface area contributed by atoms with Gasteiger partial charge in [-0.2, -0.15) is 0 Å². The molecular formula is C14H13NO3. The van der Waals surface area contributed by atoms with Crippen molar-refractivity contribution in [2.24, 2.45) is 0 Å². The van der Waals surface area contributed by atoms with Crippen molar-refractivity contribution in [3.8, 4) is 5.75 Å². The van der Waals surface area contributed by atoms with E-state index in [-0.39, 0.29) is 17.3 Å². The van der Waals surface area contributed by atoms with E-state index in [0.717, 1.165) is 11.4 Å². The molecule has 0 atom stereocenters. The molecule has 0 aliphatic heterocycles. The zero-order chi connectivity index (χ0) is 13.1. The van der Waals surface area contributed by atoms with E-state index in [9.17, 15) is 9.59 Å². The van der Waals surface area contributed by atoms with Gasteiger partial charge in [0.2, 0.25) is 5.78 Å². The van der Waals surface area contributed by atoms with Crippen LogP contribution in [0.2, 0.25) is 0 Å². The number of nitrogens with one attached hydrogen (secondary N) is 1. The van der Waals surface area contributed by atoms with Crippen LogP contribution in [0.1, 0.15) is 6.92 Å². The zero-order valence-electron chi connectivity index (χ0n) is 10.2. The van der Waals surface area contributed by atoms with Gasteiger partial charge in [-0.3, -0.25) is 9.59 Å². The molecule has 2 rings (SSSR count). The molecule has 0 saturated carbocycles. The number of carbonyl (C=O) groups is 2. The topological polar surface area (TPSA) is 55.4 Å². The molecule has 0 saturated heterocycles. The Morgan fingerprint density at radius 1 is 1.00 bits per heavy atom. The molecule has 0 amide bonds. The highest BCUT2D eigenvalue weighted by Gasteiger charge is 2.17. The van der Waals surface area contributed by atoms with Gasteiger partial charge in [0.25, 0.3) is 0 Å². The van der Waals surface area contributed by atoms with Crippen LogP contribution in [0.3, 0.4) is 0 Å². The average Bonchev–Trinajstić information content (AvgIpc) is 2.37. The number of methoxy groups -OCH3 is 1. The minimum atomic E-state index is -0.192. The molecular weight excluding hydrogens is 230 g/mol. The van der Waals surface area contributed by atoms with Gasteiger partial charge in [-0.15, -0.1) is 0 Å². The molecule has 0 radical (unpaired) electrons. The third kappa shape index (κ3) is 2.48. The summed E-state index contributed by atoms with van der Waals surface area (Å²) in [5.41, 5.74) is 1.48. The number of ketones is 2. The highest BCUT2D eigenvalue weighted by atomic mass is 16.5. The van der Waals surface area contributed by atoms with Gasteiger partial charge in [0, 0.05) is 17.3 Å². The van der Waals surface area contributed by atoms with Gasteiger partial charge in [-0.05, 0) is 37.3 Å². The fraction of sp³-hybridized carbons (Fsp3) is 0.143. The number of carbonyl (C=O) groups excluding carboxylic acids is 2. The summed E-state index contributed by atoms with van der Waals surface area (Å²) in [5.74, 6) is 0.393. The monoisotopic (exact) mass is 243 g/mol. The first kappa shape index (κ1) is 12.1. The Kier molecular flexibility index (Phi) is 3.28. The predicted octanol–water partition coefficient (Wildman–Crippen LogP) is 2.09. The number of anilines is 1. The van der Waals surface area contributed by atoms with Gasteiger partial charge in [-0.25, -0.2) is 0 Å². The van der Waals surface area contributed by atoms with Crippen LogP contribution in [0, 0.1) is 0 Å². The fourth-order valence-corrected chi connectivity index (χ4v) is 1.59. The Balaban J connectivity index is 2.16. The summed E-state index contributed by atoms with van der Waals surface area (Å²) in [5, 5.41) is 2.92. The molecule has 1 aliphatic rings. The lowest BCUT2D eigenvalue weighted by Crippen LogP contribution is -2.17. The maximum atomic E-state index is 11.7. The maximum absolute atomic E-state index is 11.7. The van der Waals surface area contributed by atoms with Crippen LogP contribution in [0.4, 0.5) is 5.69 Å². The summed E-state index contributed by atoms with van der Waals surface area (Å²) in [4.78, 5) is 23.2. The van der Waals surface area contributed by atoms with Crippen LogP contribution in [0.15, 0.2) is 47.7 Å². The first-order chi connectivity index (χ1) is 8.60. The van der Waals surface area contributed by atoms with Gasteiger partial charge in [0.1, 0.15) is 5.75 Å². The molecule has 0 spiro atoms. The van der Waals surface area contributed by atoms with Crippen LogP contribution < -0.4 is 10.1 Å². The smallest absolute Gasteiger partial charge is 0.202 e. The molecule has 18 heavy (non-hydrogen) atoms. The predicted molar refractivity (Wildman–Crippen MR) is 68.5 cm³/mol. The van der Waals surface area contributed by atoms with Crippen molar-refractivity contribution < 1.29 is 14.3 Å². The van der Waals surface area contributed by atoms with Crippen molar-refractivity contribution >= 4 is 17.3 Å². The van der Waals surface area contributed by atoms with Crippen molar-refractivity contribution in [1.82, 2.24) is 0 Å². The molecule has 0 aromatic heterocycles. The van der Waals surface area contributed by atoms with Crippen molar-refractivity contribution in [2.75, 3.05) is 12.4 Å². The number of rotatable bonds is 3. The molecule has 0 unspecified atom stereocenters. The summed E-state index contributed by atoms with van der Waals surface area (Å²) in [6.07, 6.45) is 2.66. The Morgan fingerprint density at radius 3 is 2.28 bits per heavy atom.